The molecule has 2 aromatic carbocycles. The summed E-state index contributed by atoms with van der Waals surface area (Å²) in [5, 5.41) is 0.156. The van der Waals surface area contributed by atoms with Crippen molar-refractivity contribution >= 4 is 39.9 Å². The molecule has 1 fully saturated rings. The van der Waals surface area contributed by atoms with Gasteiger partial charge in [0.05, 0.1) is 21.8 Å². The lowest BCUT2D eigenvalue weighted by atomic mass is 9.76. The van der Waals surface area contributed by atoms with Gasteiger partial charge in [0.25, 0.3) is 10.0 Å². The van der Waals surface area contributed by atoms with Crippen molar-refractivity contribution in [1.82, 2.24) is 0 Å². The van der Waals surface area contributed by atoms with Gasteiger partial charge in [0.15, 0.2) is 0 Å². The molecule has 1 saturated heterocycles. The van der Waals surface area contributed by atoms with Crippen LogP contribution in [0.25, 0.3) is 0 Å². The normalized spacial score (nSPS) is 18.3. The largest absolute Gasteiger partial charge is 0.496 e. The maximum absolute atomic E-state index is 15.0. The van der Waals surface area contributed by atoms with Gasteiger partial charge in [-0.15, -0.1) is 0 Å². The van der Waals surface area contributed by atoms with Crippen LogP contribution in [0.3, 0.4) is 0 Å². The Morgan fingerprint density at radius 2 is 1.61 bits per heavy atom. The van der Waals surface area contributed by atoms with E-state index >= 15 is 4.39 Å². The number of anilines is 1. The average molecular weight is 426 g/mol. The smallest absolute Gasteiger partial charge is 0.399 e. The zero-order chi connectivity index (χ0) is 20.9. The van der Waals surface area contributed by atoms with Crippen LogP contribution in [0.2, 0.25) is 5.02 Å². The molecule has 0 radical (unpaired) electrons. The fourth-order valence-corrected chi connectivity index (χ4v) is 4.31. The lowest BCUT2D eigenvalue weighted by Gasteiger charge is -2.32. The van der Waals surface area contributed by atoms with Gasteiger partial charge in [-0.3, -0.25) is 4.72 Å². The summed E-state index contributed by atoms with van der Waals surface area (Å²) in [5.41, 5.74) is -0.946. The van der Waals surface area contributed by atoms with E-state index in [1.165, 1.54) is 25.1 Å². The van der Waals surface area contributed by atoms with Crippen LogP contribution in [0.5, 0.6) is 0 Å². The van der Waals surface area contributed by atoms with Crippen molar-refractivity contribution in [3.8, 4) is 0 Å². The Bertz CT molecular complexity index is 996. The van der Waals surface area contributed by atoms with Crippen LogP contribution < -0.4 is 10.2 Å². The van der Waals surface area contributed by atoms with Crippen molar-refractivity contribution in [2.24, 2.45) is 0 Å². The molecule has 1 aliphatic rings. The molecule has 2 aromatic rings. The zero-order valence-corrected chi connectivity index (χ0v) is 17.9. The lowest BCUT2D eigenvalue weighted by molar-refractivity contribution is 0.00578. The fraction of sp³-hybridized carbons (Fsp3) is 0.368. The first-order chi connectivity index (χ1) is 12.9. The molecule has 0 aromatic heterocycles. The third-order valence-electron chi connectivity index (χ3n) is 5.28. The van der Waals surface area contributed by atoms with E-state index in [4.69, 9.17) is 20.9 Å². The molecular weight excluding hydrogens is 404 g/mol. The SMILES string of the molecule is Cc1c(F)c(NS(=O)(=O)c2ccccc2)cc(Cl)c1B1OC(C)(C)C(C)(C)O1. The monoisotopic (exact) mass is 425 g/mol. The minimum atomic E-state index is -3.95. The Kier molecular flexibility index (Phi) is 5.29. The van der Waals surface area contributed by atoms with Crippen LogP contribution in [0, 0.1) is 12.7 Å². The second-order valence-electron chi connectivity index (χ2n) is 7.77. The first-order valence-electron chi connectivity index (χ1n) is 8.78. The molecule has 0 amide bonds. The molecule has 9 heteroatoms. The van der Waals surface area contributed by atoms with Crippen molar-refractivity contribution in [1.29, 1.82) is 0 Å². The van der Waals surface area contributed by atoms with Crippen LogP contribution in [-0.4, -0.2) is 26.7 Å². The molecule has 0 spiro atoms. The maximum Gasteiger partial charge on any atom is 0.496 e. The van der Waals surface area contributed by atoms with Crippen LogP contribution in [0.4, 0.5) is 10.1 Å². The van der Waals surface area contributed by atoms with Gasteiger partial charge >= 0.3 is 7.12 Å². The summed E-state index contributed by atoms with van der Waals surface area (Å²) >= 11 is 6.39. The van der Waals surface area contributed by atoms with E-state index in [2.05, 4.69) is 4.72 Å². The molecule has 150 valence electrons. The molecule has 0 bridgehead atoms. The average Bonchev–Trinajstić information content (AvgIpc) is 2.80. The molecule has 0 atom stereocenters. The Hall–Kier alpha value is -1.61. The quantitative estimate of drug-likeness (QED) is 0.755. The van der Waals surface area contributed by atoms with E-state index in [1.807, 2.05) is 27.7 Å². The molecule has 0 unspecified atom stereocenters. The molecule has 0 saturated carbocycles. The standard InChI is InChI=1S/C19H22BClFNO4S/c1-12-16(20-26-18(2,3)19(4,5)27-20)14(21)11-15(17(12)22)23-28(24,25)13-9-7-6-8-10-13/h6-11,23H,1-5H3. The van der Waals surface area contributed by atoms with E-state index in [9.17, 15) is 8.42 Å². The summed E-state index contributed by atoms with van der Waals surface area (Å²) in [6, 6.07) is 8.96. The first kappa shape index (κ1) is 21.1. The number of rotatable bonds is 4. The zero-order valence-electron chi connectivity index (χ0n) is 16.3. The van der Waals surface area contributed by atoms with E-state index in [-0.39, 0.29) is 21.2 Å². The summed E-state index contributed by atoms with van der Waals surface area (Å²) < 4.78 is 54.3. The third kappa shape index (κ3) is 3.66. The van der Waals surface area contributed by atoms with E-state index < -0.39 is 34.2 Å². The summed E-state index contributed by atoms with van der Waals surface area (Å²) in [7, 11) is -4.80. The summed E-state index contributed by atoms with van der Waals surface area (Å²) in [6.45, 7) is 9.05. The number of halogens is 2. The van der Waals surface area contributed by atoms with Crippen molar-refractivity contribution < 1.29 is 22.1 Å². The number of hydrogen-bond donors (Lipinski definition) is 1. The van der Waals surface area contributed by atoms with Gasteiger partial charge in [-0.1, -0.05) is 29.8 Å². The van der Waals surface area contributed by atoms with Crippen LogP contribution in [-0.2, 0) is 19.3 Å². The summed E-state index contributed by atoms with van der Waals surface area (Å²) in [6.07, 6.45) is 0. The number of benzene rings is 2. The lowest BCUT2D eigenvalue weighted by Crippen LogP contribution is -2.41. The minimum absolute atomic E-state index is 0.0261. The van der Waals surface area contributed by atoms with E-state index in [1.54, 1.807) is 18.2 Å². The first-order valence-corrected chi connectivity index (χ1v) is 10.6. The predicted octanol–water partition coefficient (Wildman–Crippen LogP) is 3.89. The molecule has 1 N–H and O–H groups in total. The van der Waals surface area contributed by atoms with Gasteiger partial charge in [0.2, 0.25) is 0 Å². The van der Waals surface area contributed by atoms with Gasteiger partial charge in [-0.05, 0) is 58.4 Å². The van der Waals surface area contributed by atoms with Gasteiger partial charge in [-0.25, -0.2) is 12.8 Å². The Morgan fingerprint density at radius 3 is 2.14 bits per heavy atom. The fourth-order valence-electron chi connectivity index (χ4n) is 2.90. The van der Waals surface area contributed by atoms with E-state index in [0.717, 1.165) is 0 Å². The molecule has 28 heavy (non-hydrogen) atoms. The van der Waals surface area contributed by atoms with Crippen molar-refractivity contribution in [2.75, 3.05) is 4.72 Å². The van der Waals surface area contributed by atoms with Gasteiger partial charge in [0, 0.05) is 10.5 Å². The van der Waals surface area contributed by atoms with Gasteiger partial charge in [-0.2, -0.15) is 0 Å². The highest BCUT2D eigenvalue weighted by atomic mass is 35.5. The predicted molar refractivity (Wildman–Crippen MR) is 109 cm³/mol. The van der Waals surface area contributed by atoms with Crippen LogP contribution in [0.15, 0.2) is 41.3 Å². The number of sulfonamides is 1. The minimum Gasteiger partial charge on any atom is -0.399 e. The van der Waals surface area contributed by atoms with Crippen LogP contribution >= 0.6 is 11.6 Å². The van der Waals surface area contributed by atoms with E-state index in [0.29, 0.717) is 5.46 Å². The third-order valence-corrected chi connectivity index (χ3v) is 6.98. The number of hydrogen-bond acceptors (Lipinski definition) is 4. The van der Waals surface area contributed by atoms with Crippen molar-refractivity contribution in [2.45, 2.75) is 50.7 Å². The Balaban J connectivity index is 1.98. The molecule has 0 aliphatic carbocycles. The highest BCUT2D eigenvalue weighted by molar-refractivity contribution is 7.92. The number of nitrogens with one attached hydrogen (secondary N) is 1. The molecular formula is C19H22BClFNO4S. The second kappa shape index (κ2) is 7.02. The van der Waals surface area contributed by atoms with Gasteiger partial charge in [0.1, 0.15) is 5.82 Å². The molecule has 5 nitrogen and oxygen atoms in total. The summed E-state index contributed by atoms with van der Waals surface area (Å²) in [5.74, 6) is -0.728. The highest BCUT2D eigenvalue weighted by Gasteiger charge is 2.53. The second-order valence-corrected chi connectivity index (χ2v) is 9.86. The maximum atomic E-state index is 15.0. The molecule has 1 heterocycles. The summed E-state index contributed by atoms with van der Waals surface area (Å²) in [4.78, 5) is 0.0261. The van der Waals surface area contributed by atoms with Crippen molar-refractivity contribution in [3.63, 3.8) is 0 Å². The van der Waals surface area contributed by atoms with Crippen molar-refractivity contribution in [3.05, 3.63) is 52.8 Å². The van der Waals surface area contributed by atoms with Gasteiger partial charge < -0.3 is 9.31 Å². The Labute approximate surface area is 170 Å². The molecule has 1 aliphatic heterocycles. The topological polar surface area (TPSA) is 64.6 Å². The highest BCUT2D eigenvalue weighted by Crippen LogP contribution is 2.38. The van der Waals surface area contributed by atoms with Crippen LogP contribution in [0.1, 0.15) is 33.3 Å². The Morgan fingerprint density at radius 1 is 1.07 bits per heavy atom. The molecule has 3 rings (SSSR count).